The summed E-state index contributed by atoms with van der Waals surface area (Å²) >= 11 is 0. The number of likely N-dealkylation sites (tertiary alicyclic amines) is 1. The van der Waals surface area contributed by atoms with Crippen LogP contribution in [0.4, 0.5) is 11.6 Å². The van der Waals surface area contributed by atoms with Gasteiger partial charge < -0.3 is 19.9 Å². The smallest absolute Gasteiger partial charge is 0.358 e. The molecule has 0 N–H and O–H groups in total. The zero-order valence-electron chi connectivity index (χ0n) is 14.7. The third-order valence-corrected chi connectivity index (χ3v) is 5.47. The first kappa shape index (κ1) is 16.8. The van der Waals surface area contributed by atoms with E-state index in [1.54, 1.807) is 18.3 Å². The normalized spacial score (nSPS) is 19.1. The van der Waals surface area contributed by atoms with Gasteiger partial charge in [0.05, 0.1) is 6.20 Å². The van der Waals surface area contributed by atoms with Gasteiger partial charge in [-0.25, -0.2) is 0 Å². The summed E-state index contributed by atoms with van der Waals surface area (Å²) in [6.45, 7) is 2.98. The molecule has 8 nitrogen and oxygen atoms in total. The van der Waals surface area contributed by atoms with Crippen molar-refractivity contribution in [3.63, 3.8) is 0 Å². The fourth-order valence-electron chi connectivity index (χ4n) is 4.06. The van der Waals surface area contributed by atoms with E-state index in [9.17, 15) is 14.9 Å². The lowest BCUT2D eigenvalue weighted by molar-refractivity contribution is -0.389. The SMILES string of the molecule is O=C(C1CCN(c2nc3ccccn3c2[N+](=O)[O-])CC1)N1CCCCC1. The Morgan fingerprint density at radius 2 is 1.85 bits per heavy atom. The molecule has 4 heterocycles. The van der Waals surface area contributed by atoms with Crippen molar-refractivity contribution >= 4 is 23.2 Å². The molecule has 8 heteroatoms. The molecule has 0 bridgehead atoms. The fourth-order valence-corrected chi connectivity index (χ4v) is 4.06. The number of nitrogens with zero attached hydrogens (tertiary/aromatic N) is 5. The van der Waals surface area contributed by atoms with Crippen LogP contribution in [-0.2, 0) is 4.79 Å². The first-order valence-corrected chi connectivity index (χ1v) is 9.30. The molecule has 138 valence electrons. The minimum absolute atomic E-state index is 0.00130. The maximum Gasteiger partial charge on any atom is 0.372 e. The van der Waals surface area contributed by atoms with Crippen LogP contribution in [0.2, 0.25) is 0 Å². The molecule has 4 rings (SSSR count). The van der Waals surface area contributed by atoms with E-state index in [1.165, 1.54) is 10.8 Å². The van der Waals surface area contributed by atoms with Crippen LogP contribution >= 0.6 is 0 Å². The Morgan fingerprint density at radius 3 is 2.54 bits per heavy atom. The highest BCUT2D eigenvalue weighted by Crippen LogP contribution is 2.32. The highest BCUT2D eigenvalue weighted by atomic mass is 16.6. The molecule has 2 fully saturated rings. The molecule has 2 aliphatic heterocycles. The highest BCUT2D eigenvalue weighted by Gasteiger charge is 2.33. The molecule has 2 aliphatic rings. The molecule has 0 aliphatic carbocycles. The maximum absolute atomic E-state index is 12.7. The van der Waals surface area contributed by atoms with Gasteiger partial charge in [0.25, 0.3) is 0 Å². The second kappa shape index (κ2) is 6.93. The van der Waals surface area contributed by atoms with Crippen LogP contribution in [0.15, 0.2) is 24.4 Å². The van der Waals surface area contributed by atoms with E-state index in [4.69, 9.17) is 0 Å². The van der Waals surface area contributed by atoms with Crippen LogP contribution in [0.3, 0.4) is 0 Å². The van der Waals surface area contributed by atoms with E-state index in [2.05, 4.69) is 4.98 Å². The lowest BCUT2D eigenvalue weighted by Gasteiger charge is -2.35. The van der Waals surface area contributed by atoms with Crippen LogP contribution in [0, 0.1) is 16.0 Å². The number of amides is 1. The Bertz CT molecular complexity index is 819. The molecule has 0 aromatic carbocycles. The summed E-state index contributed by atoms with van der Waals surface area (Å²) < 4.78 is 1.51. The highest BCUT2D eigenvalue weighted by molar-refractivity contribution is 5.79. The molecule has 0 spiro atoms. The van der Waals surface area contributed by atoms with Gasteiger partial charge in [0.15, 0.2) is 0 Å². The minimum Gasteiger partial charge on any atom is -0.358 e. The third kappa shape index (κ3) is 3.00. The summed E-state index contributed by atoms with van der Waals surface area (Å²) in [5.41, 5.74) is 0.570. The average Bonchev–Trinajstić information content (AvgIpc) is 3.08. The van der Waals surface area contributed by atoms with Crippen molar-refractivity contribution < 1.29 is 9.72 Å². The zero-order chi connectivity index (χ0) is 18.1. The van der Waals surface area contributed by atoms with Crippen LogP contribution < -0.4 is 4.90 Å². The molecule has 0 atom stereocenters. The molecule has 1 amide bonds. The summed E-state index contributed by atoms with van der Waals surface area (Å²) in [6.07, 6.45) is 6.51. The van der Waals surface area contributed by atoms with E-state index >= 15 is 0 Å². The van der Waals surface area contributed by atoms with Gasteiger partial charge in [0.2, 0.25) is 17.4 Å². The summed E-state index contributed by atoms with van der Waals surface area (Å²) in [5.74, 6) is 0.695. The van der Waals surface area contributed by atoms with E-state index in [0.717, 1.165) is 38.8 Å². The summed E-state index contributed by atoms with van der Waals surface area (Å²) in [7, 11) is 0. The fraction of sp³-hybridized carbons (Fsp3) is 0.556. The van der Waals surface area contributed by atoms with E-state index in [1.807, 2.05) is 15.9 Å². The number of imidazole rings is 1. The van der Waals surface area contributed by atoms with Gasteiger partial charge in [-0.1, -0.05) is 6.07 Å². The van der Waals surface area contributed by atoms with Gasteiger partial charge in [-0.15, -0.1) is 0 Å². The summed E-state index contributed by atoms with van der Waals surface area (Å²) in [4.78, 5) is 32.3. The van der Waals surface area contributed by atoms with Crippen LogP contribution in [0.1, 0.15) is 32.1 Å². The number of pyridine rings is 1. The lowest BCUT2D eigenvalue weighted by atomic mass is 9.94. The monoisotopic (exact) mass is 357 g/mol. The van der Waals surface area contributed by atoms with Gasteiger partial charge in [-0.3, -0.25) is 4.79 Å². The van der Waals surface area contributed by atoms with Gasteiger partial charge in [0, 0.05) is 38.2 Å². The summed E-state index contributed by atoms with van der Waals surface area (Å²) in [6, 6.07) is 5.34. The molecular formula is C18H23N5O3. The van der Waals surface area contributed by atoms with Crippen molar-refractivity contribution in [1.82, 2.24) is 14.3 Å². The zero-order valence-corrected chi connectivity index (χ0v) is 14.7. The van der Waals surface area contributed by atoms with Gasteiger partial charge in [-0.05, 0) is 43.1 Å². The number of fused-ring (bicyclic) bond motifs is 1. The van der Waals surface area contributed by atoms with E-state index in [0.29, 0.717) is 24.6 Å². The Kier molecular flexibility index (Phi) is 4.48. The van der Waals surface area contributed by atoms with Crippen molar-refractivity contribution in [3.05, 3.63) is 34.5 Å². The molecule has 26 heavy (non-hydrogen) atoms. The first-order valence-electron chi connectivity index (χ1n) is 9.30. The number of carbonyl (C=O) groups excluding carboxylic acids is 1. The van der Waals surface area contributed by atoms with Gasteiger partial charge in [-0.2, -0.15) is 9.38 Å². The standard InChI is InChI=1S/C18H23N5O3/c24-18(21-9-3-1-4-10-21)14-7-12-20(13-8-14)16-17(23(25)26)22-11-5-2-6-15(22)19-16/h2,5-6,11,14H,1,3-4,7-10,12-13H2. The van der Waals surface area contributed by atoms with Crippen molar-refractivity contribution in [2.45, 2.75) is 32.1 Å². The van der Waals surface area contributed by atoms with E-state index in [-0.39, 0.29) is 22.6 Å². The molecule has 0 radical (unpaired) electrons. The summed E-state index contributed by atoms with van der Waals surface area (Å²) in [5, 5.41) is 11.6. The number of carbonyl (C=O) groups is 1. The number of rotatable bonds is 3. The van der Waals surface area contributed by atoms with Crippen LogP contribution in [0.5, 0.6) is 0 Å². The van der Waals surface area contributed by atoms with Crippen molar-refractivity contribution in [2.75, 3.05) is 31.1 Å². The van der Waals surface area contributed by atoms with Crippen LogP contribution in [-0.4, -0.2) is 51.3 Å². The van der Waals surface area contributed by atoms with Gasteiger partial charge >= 0.3 is 5.82 Å². The van der Waals surface area contributed by atoms with Crippen molar-refractivity contribution in [3.8, 4) is 0 Å². The average molecular weight is 357 g/mol. The maximum atomic E-state index is 12.7. The van der Waals surface area contributed by atoms with E-state index < -0.39 is 0 Å². The number of nitro groups is 1. The number of piperidine rings is 2. The minimum atomic E-state index is -0.375. The molecular weight excluding hydrogens is 334 g/mol. The van der Waals surface area contributed by atoms with Gasteiger partial charge in [0.1, 0.15) is 0 Å². The predicted octanol–water partition coefficient (Wildman–Crippen LogP) is 2.47. The Morgan fingerprint density at radius 1 is 1.12 bits per heavy atom. The molecule has 0 saturated carbocycles. The molecule has 2 aromatic heterocycles. The topological polar surface area (TPSA) is 84.0 Å². The van der Waals surface area contributed by atoms with Crippen molar-refractivity contribution in [2.24, 2.45) is 5.92 Å². The molecule has 0 unspecified atom stereocenters. The Labute approximate surface area is 151 Å². The van der Waals surface area contributed by atoms with Crippen molar-refractivity contribution in [1.29, 1.82) is 0 Å². The quantitative estimate of drug-likeness (QED) is 0.622. The third-order valence-electron chi connectivity index (χ3n) is 5.47. The predicted molar refractivity (Wildman–Crippen MR) is 97.2 cm³/mol. The Hall–Kier alpha value is -2.64. The number of hydrogen-bond donors (Lipinski definition) is 0. The second-order valence-corrected chi connectivity index (χ2v) is 7.09. The lowest BCUT2D eigenvalue weighted by Crippen LogP contribution is -2.44. The largest absolute Gasteiger partial charge is 0.372 e. The molecule has 2 aromatic rings. The second-order valence-electron chi connectivity index (χ2n) is 7.09. The van der Waals surface area contributed by atoms with Crippen LogP contribution in [0.25, 0.3) is 5.65 Å². The Balaban J connectivity index is 1.50. The number of hydrogen-bond acceptors (Lipinski definition) is 5. The molecule has 2 saturated heterocycles. The first-order chi connectivity index (χ1) is 12.6. The number of anilines is 1. The number of aromatic nitrogens is 2.